The van der Waals surface area contributed by atoms with E-state index in [0.29, 0.717) is 0 Å². The lowest BCUT2D eigenvalue weighted by Crippen LogP contribution is -2.36. The van der Waals surface area contributed by atoms with E-state index >= 15 is 0 Å². The quantitative estimate of drug-likeness (QED) is 0.298. The van der Waals surface area contributed by atoms with Crippen molar-refractivity contribution < 1.29 is 28.9 Å². The summed E-state index contributed by atoms with van der Waals surface area (Å²) < 4.78 is 21.3. The molecule has 6 N–H and O–H groups in total. The Labute approximate surface area is 117 Å². The van der Waals surface area contributed by atoms with Crippen molar-refractivity contribution in [2.45, 2.75) is 31.1 Å². The molecule has 0 spiro atoms. The molecule has 0 aromatic carbocycles. The molecular weight excluding hydrogens is 309 g/mol. The van der Waals surface area contributed by atoms with Crippen molar-refractivity contribution in [3.63, 3.8) is 0 Å². The van der Waals surface area contributed by atoms with Crippen LogP contribution in [-0.2, 0) is 13.8 Å². The van der Waals surface area contributed by atoms with Crippen molar-refractivity contribution >= 4 is 7.75 Å². The molecule has 1 aliphatic rings. The molecule has 0 radical (unpaired) electrons. The van der Waals surface area contributed by atoms with Gasteiger partial charge in [0.2, 0.25) is 0 Å². The van der Waals surface area contributed by atoms with Crippen LogP contribution in [0.2, 0.25) is 0 Å². The number of H-pyrrole nitrogens is 1. The highest BCUT2D eigenvalue weighted by Gasteiger charge is 2.42. The summed E-state index contributed by atoms with van der Waals surface area (Å²) in [5, 5.41) is 19.3. The number of nitrogens with one attached hydrogen (secondary N) is 1. The number of aliphatic hydroxyl groups is 2. The molecule has 2 heterocycles. The van der Waals surface area contributed by atoms with E-state index in [-0.39, 0.29) is 6.42 Å². The van der Waals surface area contributed by atoms with Crippen LogP contribution in [0, 0.1) is 0 Å². The van der Waals surface area contributed by atoms with Gasteiger partial charge in [-0.2, -0.15) is 0 Å². The fourth-order valence-electron chi connectivity index (χ4n) is 1.97. The second-order valence-corrected chi connectivity index (χ2v) is 5.77. The van der Waals surface area contributed by atoms with Crippen LogP contribution in [0.5, 0.6) is 0 Å². The average Bonchev–Trinajstić information content (AvgIpc) is 2.68. The van der Waals surface area contributed by atoms with Gasteiger partial charge in [-0.3, -0.25) is 18.9 Å². The molecule has 1 fully saturated rings. The Hall–Kier alpha value is -1.33. The zero-order valence-electron chi connectivity index (χ0n) is 10.5. The highest BCUT2D eigenvalue weighted by molar-refractivity contribution is 7.50. The predicted octanol–water partition coefficient (Wildman–Crippen LogP) is -2.42. The molecule has 1 aromatic heterocycles. The Balaban J connectivity index is 2.15. The van der Waals surface area contributed by atoms with E-state index < -0.39 is 43.7 Å². The highest BCUT2D eigenvalue weighted by Crippen LogP contribution is 2.37. The molecule has 1 aliphatic heterocycles. The minimum Gasteiger partial charge on any atom is -0.390 e. The summed E-state index contributed by atoms with van der Waals surface area (Å²) in [7, 11) is -4.47. The smallest absolute Gasteiger partial charge is 0.390 e. The fraction of sp³-hybridized carbons (Fsp3) is 0.556. The zero-order chi connectivity index (χ0) is 15.8. The Bertz CT molecular complexity index is 665. The molecular formula is C9H14N3O8P. The minimum absolute atomic E-state index is 0.0999. The first-order chi connectivity index (χ1) is 9.67. The largest absolute Gasteiger partial charge is 0.402 e. The number of ether oxygens (including phenoxy) is 1. The monoisotopic (exact) mass is 323 g/mol. The van der Waals surface area contributed by atoms with Crippen LogP contribution in [0.3, 0.4) is 0 Å². The van der Waals surface area contributed by atoms with Gasteiger partial charge in [-0.1, -0.05) is 0 Å². The fourth-order valence-corrected chi connectivity index (χ4v) is 2.40. The van der Waals surface area contributed by atoms with Gasteiger partial charge >= 0.3 is 13.4 Å². The van der Waals surface area contributed by atoms with Gasteiger partial charge in [0.15, 0.2) is 6.29 Å². The summed E-state index contributed by atoms with van der Waals surface area (Å²) in [6.07, 6.45) is -4.52. The number of aromatic amines is 1. The Morgan fingerprint density at radius 1 is 1.57 bits per heavy atom. The number of hydrogen-bond donors (Lipinski definition) is 5. The molecule has 0 saturated carbocycles. The van der Waals surface area contributed by atoms with Gasteiger partial charge < -0.3 is 19.8 Å². The summed E-state index contributed by atoms with van der Waals surface area (Å²) in [4.78, 5) is 33.4. The SMILES string of the molecule is NP(=O)(O)OC(O)[C@H]1O[C@@H](n2ccc(=O)[nH]c2=O)C[C@@H]1O. The van der Waals surface area contributed by atoms with Crippen molar-refractivity contribution in [3.05, 3.63) is 33.1 Å². The number of aliphatic hydroxyl groups excluding tert-OH is 2. The standard InChI is InChI=1S/C9H14N3O8P/c10-21(17,18)20-8(15)7-4(13)3-6(19-7)12-2-1-5(14)11-9(12)16/h1-2,4,6-8,13,15H,3H2,(H3,10,17,18)(H,11,14,16)/t4-,6+,7-,8?/m0/s1. The summed E-state index contributed by atoms with van der Waals surface area (Å²) >= 11 is 0. The van der Waals surface area contributed by atoms with Crippen LogP contribution in [0.25, 0.3) is 0 Å². The average molecular weight is 323 g/mol. The third-order valence-corrected chi connectivity index (χ3v) is 3.36. The lowest BCUT2D eigenvalue weighted by atomic mass is 10.2. The van der Waals surface area contributed by atoms with Crippen LogP contribution in [-0.4, -0.2) is 43.2 Å². The third-order valence-electron chi connectivity index (χ3n) is 2.84. The van der Waals surface area contributed by atoms with Gasteiger partial charge in [0.05, 0.1) is 6.10 Å². The van der Waals surface area contributed by atoms with E-state index in [4.69, 9.17) is 15.1 Å². The first-order valence-corrected chi connectivity index (χ1v) is 7.45. The molecule has 0 aliphatic carbocycles. The molecule has 1 aromatic rings. The van der Waals surface area contributed by atoms with Crippen molar-refractivity contribution in [1.82, 2.24) is 9.55 Å². The van der Waals surface area contributed by atoms with E-state index in [9.17, 15) is 24.4 Å². The second kappa shape index (κ2) is 5.81. The minimum atomic E-state index is -4.47. The van der Waals surface area contributed by atoms with Gasteiger partial charge in [-0.15, -0.1) is 0 Å². The van der Waals surface area contributed by atoms with Crippen molar-refractivity contribution in [2.24, 2.45) is 5.50 Å². The van der Waals surface area contributed by atoms with E-state index in [0.717, 1.165) is 16.8 Å². The molecule has 118 valence electrons. The Morgan fingerprint density at radius 2 is 2.24 bits per heavy atom. The maximum Gasteiger partial charge on any atom is 0.402 e. The molecule has 2 unspecified atom stereocenters. The predicted molar refractivity (Wildman–Crippen MR) is 67.0 cm³/mol. The van der Waals surface area contributed by atoms with Crippen LogP contribution < -0.4 is 16.8 Å². The van der Waals surface area contributed by atoms with Gasteiger partial charge in [-0.25, -0.2) is 14.9 Å². The van der Waals surface area contributed by atoms with Crippen molar-refractivity contribution in [3.8, 4) is 0 Å². The van der Waals surface area contributed by atoms with Crippen molar-refractivity contribution in [2.75, 3.05) is 0 Å². The van der Waals surface area contributed by atoms with Crippen molar-refractivity contribution in [1.29, 1.82) is 0 Å². The van der Waals surface area contributed by atoms with E-state index in [2.05, 4.69) is 4.52 Å². The number of rotatable bonds is 4. The molecule has 21 heavy (non-hydrogen) atoms. The van der Waals surface area contributed by atoms with Gasteiger partial charge in [0, 0.05) is 18.7 Å². The number of hydrogen-bond acceptors (Lipinski definition) is 7. The van der Waals surface area contributed by atoms with E-state index in [1.807, 2.05) is 4.98 Å². The molecule has 11 nitrogen and oxygen atoms in total. The summed E-state index contributed by atoms with van der Waals surface area (Å²) in [5.74, 6) is 0. The van der Waals surface area contributed by atoms with Crippen LogP contribution in [0.1, 0.15) is 12.6 Å². The Kier molecular flexibility index (Phi) is 4.44. The van der Waals surface area contributed by atoms with E-state index in [1.165, 1.54) is 0 Å². The molecule has 2 rings (SSSR count). The van der Waals surface area contributed by atoms with Gasteiger partial charge in [0.1, 0.15) is 12.3 Å². The normalized spacial score (nSPS) is 30.0. The van der Waals surface area contributed by atoms with Gasteiger partial charge in [0.25, 0.3) is 5.56 Å². The van der Waals surface area contributed by atoms with E-state index in [1.54, 1.807) is 0 Å². The first kappa shape index (κ1) is 16.0. The summed E-state index contributed by atoms with van der Waals surface area (Å²) in [6, 6.07) is 1.08. The first-order valence-electron chi connectivity index (χ1n) is 5.80. The van der Waals surface area contributed by atoms with Crippen LogP contribution in [0.4, 0.5) is 0 Å². The highest BCUT2D eigenvalue weighted by atomic mass is 31.2. The molecule has 1 saturated heterocycles. The lowest BCUT2D eigenvalue weighted by molar-refractivity contribution is -0.157. The zero-order valence-corrected chi connectivity index (χ0v) is 11.4. The summed E-state index contributed by atoms with van der Waals surface area (Å²) in [5.41, 5.74) is 3.37. The molecule has 0 amide bonds. The van der Waals surface area contributed by atoms with Crippen LogP contribution in [0.15, 0.2) is 21.9 Å². The van der Waals surface area contributed by atoms with Gasteiger partial charge in [-0.05, 0) is 0 Å². The maximum absolute atomic E-state index is 11.6. The molecule has 12 heteroatoms. The second-order valence-electron chi connectivity index (χ2n) is 4.44. The lowest BCUT2D eigenvalue weighted by Gasteiger charge is -2.22. The number of nitrogens with two attached hydrogens (primary N) is 1. The number of aromatic nitrogens is 2. The van der Waals surface area contributed by atoms with Crippen LogP contribution >= 0.6 is 7.75 Å². The molecule has 5 atom stereocenters. The molecule has 0 bridgehead atoms. The maximum atomic E-state index is 11.6. The Morgan fingerprint density at radius 3 is 2.81 bits per heavy atom. The number of nitrogens with zero attached hydrogens (tertiary/aromatic N) is 1. The third kappa shape index (κ3) is 3.86. The summed E-state index contributed by atoms with van der Waals surface area (Å²) in [6.45, 7) is 0. The topological polar surface area (TPSA) is 177 Å².